The van der Waals surface area contributed by atoms with Crippen molar-refractivity contribution in [2.24, 2.45) is 0 Å². The Bertz CT molecular complexity index is 401. The zero-order valence-corrected chi connectivity index (χ0v) is 11.1. The first kappa shape index (κ1) is 15.8. The summed E-state index contributed by atoms with van der Waals surface area (Å²) in [6.07, 6.45) is -0.914. The highest BCUT2D eigenvalue weighted by molar-refractivity contribution is 5.48. The van der Waals surface area contributed by atoms with E-state index in [4.69, 9.17) is 0 Å². The molecule has 0 amide bonds. The molecule has 0 aromatic heterocycles. The number of unbranched alkanes of at least 4 members (excludes halogenated alkanes) is 1. The third-order valence-electron chi connectivity index (χ3n) is 3.05. The molecule has 1 N–H and O–H groups in total. The van der Waals surface area contributed by atoms with Crippen LogP contribution < -0.4 is 5.32 Å². The molecule has 0 fully saturated rings. The molecule has 0 saturated carbocycles. The summed E-state index contributed by atoms with van der Waals surface area (Å²) in [6.45, 7) is 3.97. The van der Waals surface area contributed by atoms with E-state index in [1.807, 2.05) is 13.8 Å². The van der Waals surface area contributed by atoms with Crippen molar-refractivity contribution < 1.29 is 17.6 Å². The number of alkyl halides is 3. The summed E-state index contributed by atoms with van der Waals surface area (Å²) >= 11 is 0. The first-order chi connectivity index (χ1) is 8.88. The summed E-state index contributed by atoms with van der Waals surface area (Å²) in [5, 5.41) is 2.87. The van der Waals surface area contributed by atoms with Crippen LogP contribution in [0.5, 0.6) is 0 Å². The van der Waals surface area contributed by atoms with E-state index in [9.17, 15) is 17.6 Å². The molecule has 1 nitrogen and oxygen atoms in total. The quantitative estimate of drug-likeness (QED) is 0.702. The van der Waals surface area contributed by atoms with Crippen LogP contribution in [0.2, 0.25) is 0 Å². The molecule has 5 heteroatoms. The SMILES string of the molecule is CCCCC(CC)Nc1cc(C(F)(F)F)ccc1F. The molecule has 0 bridgehead atoms. The van der Waals surface area contributed by atoms with Gasteiger partial charge in [0.2, 0.25) is 0 Å². The molecule has 19 heavy (non-hydrogen) atoms. The standard InChI is InChI=1S/C14H19F4N/c1-3-5-6-11(4-2)19-13-9-10(14(16,17)18)7-8-12(13)15/h7-9,11,19H,3-6H2,1-2H3. The number of anilines is 1. The van der Waals surface area contributed by atoms with Gasteiger partial charge in [-0.05, 0) is 31.0 Å². The molecule has 1 aromatic carbocycles. The van der Waals surface area contributed by atoms with E-state index < -0.39 is 17.6 Å². The molecule has 1 atom stereocenters. The Morgan fingerprint density at radius 3 is 2.42 bits per heavy atom. The first-order valence-corrected chi connectivity index (χ1v) is 6.51. The van der Waals surface area contributed by atoms with Crippen molar-refractivity contribution in [2.45, 2.75) is 51.7 Å². The molecular weight excluding hydrogens is 258 g/mol. The summed E-state index contributed by atoms with van der Waals surface area (Å²) in [5.74, 6) is -0.650. The van der Waals surface area contributed by atoms with Crippen molar-refractivity contribution in [3.05, 3.63) is 29.6 Å². The highest BCUT2D eigenvalue weighted by Crippen LogP contribution is 2.32. The molecule has 0 spiro atoms. The van der Waals surface area contributed by atoms with Crippen LogP contribution in [0, 0.1) is 5.82 Å². The van der Waals surface area contributed by atoms with E-state index in [2.05, 4.69) is 5.32 Å². The number of rotatable bonds is 6. The minimum Gasteiger partial charge on any atom is -0.380 e. The second-order valence-electron chi connectivity index (χ2n) is 4.58. The second kappa shape index (κ2) is 6.78. The van der Waals surface area contributed by atoms with Crippen molar-refractivity contribution in [1.29, 1.82) is 0 Å². The topological polar surface area (TPSA) is 12.0 Å². The van der Waals surface area contributed by atoms with Crippen LogP contribution in [0.1, 0.15) is 45.1 Å². The first-order valence-electron chi connectivity index (χ1n) is 6.51. The summed E-state index contributed by atoms with van der Waals surface area (Å²) in [4.78, 5) is 0. The van der Waals surface area contributed by atoms with Crippen LogP contribution in [0.4, 0.5) is 23.2 Å². The van der Waals surface area contributed by atoms with Crippen molar-refractivity contribution in [3.8, 4) is 0 Å². The van der Waals surface area contributed by atoms with Crippen molar-refractivity contribution in [2.75, 3.05) is 5.32 Å². The maximum absolute atomic E-state index is 13.5. The second-order valence-corrected chi connectivity index (χ2v) is 4.58. The molecule has 0 aliphatic carbocycles. The summed E-state index contributed by atoms with van der Waals surface area (Å²) in [5.41, 5.74) is -0.903. The van der Waals surface area contributed by atoms with E-state index in [1.165, 1.54) is 0 Å². The van der Waals surface area contributed by atoms with Gasteiger partial charge in [-0.25, -0.2) is 4.39 Å². The third-order valence-corrected chi connectivity index (χ3v) is 3.05. The maximum Gasteiger partial charge on any atom is 0.416 e. The van der Waals surface area contributed by atoms with Gasteiger partial charge in [0.15, 0.2) is 0 Å². The summed E-state index contributed by atoms with van der Waals surface area (Å²) < 4.78 is 51.3. The van der Waals surface area contributed by atoms with Gasteiger partial charge >= 0.3 is 6.18 Å². The Kier molecular flexibility index (Phi) is 5.63. The number of nitrogens with one attached hydrogen (secondary N) is 1. The highest BCUT2D eigenvalue weighted by Gasteiger charge is 2.31. The van der Waals surface area contributed by atoms with Gasteiger partial charge in [-0.15, -0.1) is 0 Å². The zero-order valence-electron chi connectivity index (χ0n) is 11.1. The lowest BCUT2D eigenvalue weighted by molar-refractivity contribution is -0.137. The molecular formula is C14H19F4N. The monoisotopic (exact) mass is 277 g/mol. The molecule has 0 heterocycles. The smallest absolute Gasteiger partial charge is 0.380 e. The fourth-order valence-electron chi connectivity index (χ4n) is 1.86. The fourth-order valence-corrected chi connectivity index (χ4v) is 1.86. The lowest BCUT2D eigenvalue weighted by Gasteiger charge is -2.19. The zero-order chi connectivity index (χ0) is 14.5. The molecule has 0 aliphatic heterocycles. The van der Waals surface area contributed by atoms with Gasteiger partial charge in [0, 0.05) is 6.04 Å². The van der Waals surface area contributed by atoms with Gasteiger partial charge in [-0.2, -0.15) is 13.2 Å². The van der Waals surface area contributed by atoms with E-state index in [1.54, 1.807) is 0 Å². The minimum atomic E-state index is -4.45. The summed E-state index contributed by atoms with van der Waals surface area (Å²) in [6, 6.07) is 2.45. The van der Waals surface area contributed by atoms with Crippen molar-refractivity contribution in [3.63, 3.8) is 0 Å². The van der Waals surface area contributed by atoms with Crippen molar-refractivity contribution in [1.82, 2.24) is 0 Å². The van der Waals surface area contributed by atoms with E-state index >= 15 is 0 Å². The molecule has 1 unspecified atom stereocenters. The fraction of sp³-hybridized carbons (Fsp3) is 0.571. The molecule has 0 aliphatic rings. The Hall–Kier alpha value is -1.26. The number of hydrogen-bond donors (Lipinski definition) is 1. The lowest BCUT2D eigenvalue weighted by atomic mass is 10.1. The van der Waals surface area contributed by atoms with Crippen LogP contribution >= 0.6 is 0 Å². The Morgan fingerprint density at radius 1 is 1.21 bits per heavy atom. The largest absolute Gasteiger partial charge is 0.416 e. The average molecular weight is 277 g/mol. The molecule has 1 aromatic rings. The van der Waals surface area contributed by atoms with Gasteiger partial charge in [-0.1, -0.05) is 26.7 Å². The molecule has 0 radical (unpaired) electrons. The highest BCUT2D eigenvalue weighted by atomic mass is 19.4. The lowest BCUT2D eigenvalue weighted by Crippen LogP contribution is -2.19. The van der Waals surface area contributed by atoms with Crippen LogP contribution in [-0.2, 0) is 6.18 Å². The maximum atomic E-state index is 13.5. The third kappa shape index (κ3) is 4.73. The van der Waals surface area contributed by atoms with Crippen LogP contribution in [-0.4, -0.2) is 6.04 Å². The predicted octanol–water partition coefficient (Wildman–Crippen LogP) is 5.23. The van der Waals surface area contributed by atoms with Crippen LogP contribution in [0.25, 0.3) is 0 Å². The van der Waals surface area contributed by atoms with Crippen molar-refractivity contribution >= 4 is 5.69 Å². The molecule has 0 saturated heterocycles. The summed E-state index contributed by atoms with van der Waals surface area (Å²) in [7, 11) is 0. The minimum absolute atomic E-state index is 0.00191. The van der Waals surface area contributed by atoms with Gasteiger partial charge in [0.05, 0.1) is 11.3 Å². The number of benzene rings is 1. The van der Waals surface area contributed by atoms with Crippen LogP contribution in [0.3, 0.4) is 0 Å². The predicted molar refractivity (Wildman–Crippen MR) is 68.6 cm³/mol. The number of hydrogen-bond acceptors (Lipinski definition) is 1. The van der Waals surface area contributed by atoms with Gasteiger partial charge < -0.3 is 5.32 Å². The van der Waals surface area contributed by atoms with Gasteiger partial charge in [0.1, 0.15) is 5.82 Å². The number of halogens is 4. The Morgan fingerprint density at radius 2 is 1.89 bits per heavy atom. The van der Waals surface area contributed by atoms with E-state index in [-0.39, 0.29) is 11.7 Å². The Balaban J connectivity index is 2.86. The Labute approximate surface area is 111 Å². The van der Waals surface area contributed by atoms with Gasteiger partial charge in [0.25, 0.3) is 0 Å². The normalized spacial score (nSPS) is 13.4. The van der Waals surface area contributed by atoms with E-state index in [0.29, 0.717) is 0 Å². The van der Waals surface area contributed by atoms with Gasteiger partial charge in [-0.3, -0.25) is 0 Å². The molecule has 1 rings (SSSR count). The average Bonchev–Trinajstić information content (AvgIpc) is 2.35. The molecule has 108 valence electrons. The van der Waals surface area contributed by atoms with Crippen LogP contribution in [0.15, 0.2) is 18.2 Å². The van der Waals surface area contributed by atoms with E-state index in [0.717, 1.165) is 43.9 Å².